The van der Waals surface area contributed by atoms with Crippen molar-refractivity contribution in [3.8, 4) is 6.07 Å². The Morgan fingerprint density at radius 2 is 1.67 bits per heavy atom. The standard InChI is InChI=1S/C23H33N5O2/c1-3-23(4-2)16-20(29)28(21(30)17-23)11-6-5-10-26-12-14-27(15-13-26)22-19(18-24)8-7-9-25-22/h7-9H,3-6,10-17H2,1-2H3. The molecule has 0 saturated carbocycles. The van der Waals surface area contributed by atoms with Crippen LogP contribution in [-0.4, -0.2) is 65.9 Å². The van der Waals surface area contributed by atoms with Crippen LogP contribution in [0.1, 0.15) is 57.9 Å². The zero-order valence-corrected chi connectivity index (χ0v) is 18.3. The van der Waals surface area contributed by atoms with Crippen LogP contribution >= 0.6 is 0 Å². The molecule has 0 bridgehead atoms. The summed E-state index contributed by atoms with van der Waals surface area (Å²) in [5.41, 5.74) is 0.501. The minimum Gasteiger partial charge on any atom is -0.353 e. The number of imide groups is 1. The van der Waals surface area contributed by atoms with Crippen LogP contribution in [0.4, 0.5) is 5.82 Å². The second kappa shape index (κ2) is 10.0. The molecule has 3 heterocycles. The first-order valence-corrected chi connectivity index (χ1v) is 11.2. The Balaban J connectivity index is 1.39. The van der Waals surface area contributed by atoms with Gasteiger partial charge in [-0.25, -0.2) is 4.98 Å². The van der Waals surface area contributed by atoms with Gasteiger partial charge in [0.05, 0.1) is 5.56 Å². The number of unbranched alkanes of at least 4 members (excludes halogenated alkanes) is 1. The fourth-order valence-corrected chi connectivity index (χ4v) is 4.56. The van der Waals surface area contributed by atoms with Crippen molar-refractivity contribution in [3.05, 3.63) is 23.9 Å². The van der Waals surface area contributed by atoms with E-state index >= 15 is 0 Å². The van der Waals surface area contributed by atoms with Gasteiger partial charge in [-0.15, -0.1) is 0 Å². The molecule has 3 rings (SSSR count). The molecular weight excluding hydrogens is 378 g/mol. The number of anilines is 1. The van der Waals surface area contributed by atoms with Gasteiger partial charge >= 0.3 is 0 Å². The van der Waals surface area contributed by atoms with E-state index in [4.69, 9.17) is 0 Å². The van der Waals surface area contributed by atoms with E-state index in [0.717, 1.165) is 64.2 Å². The molecule has 7 heteroatoms. The lowest BCUT2D eigenvalue weighted by Gasteiger charge is -2.39. The molecule has 1 aromatic rings. The van der Waals surface area contributed by atoms with Gasteiger partial charge in [0.15, 0.2) is 0 Å². The number of pyridine rings is 1. The summed E-state index contributed by atoms with van der Waals surface area (Å²) in [5.74, 6) is 0.788. The SMILES string of the molecule is CCC1(CC)CC(=O)N(CCCCN2CCN(c3ncccc3C#N)CC2)C(=O)C1. The Kier molecular flexibility index (Phi) is 7.43. The summed E-state index contributed by atoms with van der Waals surface area (Å²) in [6, 6.07) is 5.82. The summed E-state index contributed by atoms with van der Waals surface area (Å²) in [5, 5.41) is 9.27. The van der Waals surface area contributed by atoms with Crippen LogP contribution in [0, 0.1) is 16.7 Å². The van der Waals surface area contributed by atoms with Crippen molar-refractivity contribution in [1.82, 2.24) is 14.8 Å². The van der Waals surface area contributed by atoms with E-state index in [2.05, 4.69) is 34.7 Å². The predicted octanol–water partition coefficient (Wildman–Crippen LogP) is 2.81. The molecule has 2 aliphatic heterocycles. The van der Waals surface area contributed by atoms with Crippen molar-refractivity contribution < 1.29 is 9.59 Å². The van der Waals surface area contributed by atoms with E-state index < -0.39 is 0 Å². The Hall–Kier alpha value is -2.46. The number of amides is 2. The lowest BCUT2D eigenvalue weighted by Crippen LogP contribution is -2.48. The number of hydrogen-bond acceptors (Lipinski definition) is 6. The van der Waals surface area contributed by atoms with E-state index in [0.29, 0.717) is 24.9 Å². The fourth-order valence-electron chi connectivity index (χ4n) is 4.56. The smallest absolute Gasteiger partial charge is 0.229 e. The van der Waals surface area contributed by atoms with Gasteiger partial charge in [0, 0.05) is 51.8 Å². The van der Waals surface area contributed by atoms with E-state index in [1.807, 2.05) is 6.07 Å². The maximum absolute atomic E-state index is 12.5. The normalized spacial score (nSPS) is 19.8. The lowest BCUT2D eigenvalue weighted by molar-refractivity contribution is -0.153. The van der Waals surface area contributed by atoms with Crippen LogP contribution in [0.15, 0.2) is 18.3 Å². The molecule has 0 unspecified atom stereocenters. The number of nitrogens with zero attached hydrogens (tertiary/aromatic N) is 5. The molecule has 2 saturated heterocycles. The summed E-state index contributed by atoms with van der Waals surface area (Å²) in [6.45, 7) is 9.22. The second-order valence-electron chi connectivity index (χ2n) is 8.52. The van der Waals surface area contributed by atoms with Crippen molar-refractivity contribution in [1.29, 1.82) is 5.26 Å². The van der Waals surface area contributed by atoms with Crippen LogP contribution in [0.25, 0.3) is 0 Å². The van der Waals surface area contributed by atoms with Crippen molar-refractivity contribution in [2.24, 2.45) is 5.41 Å². The second-order valence-corrected chi connectivity index (χ2v) is 8.52. The highest BCUT2D eigenvalue weighted by Crippen LogP contribution is 2.39. The third-order valence-corrected chi connectivity index (χ3v) is 6.84. The number of piperazine rings is 1. The number of nitriles is 1. The van der Waals surface area contributed by atoms with Crippen molar-refractivity contribution in [3.63, 3.8) is 0 Å². The van der Waals surface area contributed by atoms with Gasteiger partial charge in [0.2, 0.25) is 11.8 Å². The van der Waals surface area contributed by atoms with E-state index in [9.17, 15) is 14.9 Å². The molecule has 7 nitrogen and oxygen atoms in total. The van der Waals surface area contributed by atoms with Crippen LogP contribution in [0.2, 0.25) is 0 Å². The molecule has 0 aliphatic carbocycles. The van der Waals surface area contributed by atoms with Gasteiger partial charge in [-0.05, 0) is 49.8 Å². The average molecular weight is 412 g/mol. The molecule has 0 spiro atoms. The molecule has 0 radical (unpaired) electrons. The maximum atomic E-state index is 12.5. The maximum Gasteiger partial charge on any atom is 0.229 e. The van der Waals surface area contributed by atoms with Crippen LogP contribution in [-0.2, 0) is 9.59 Å². The number of piperidine rings is 1. The minimum atomic E-state index is -0.122. The summed E-state index contributed by atoms with van der Waals surface area (Å²) in [6.07, 6.45) is 6.33. The average Bonchev–Trinajstić information content (AvgIpc) is 2.78. The van der Waals surface area contributed by atoms with Gasteiger partial charge in [-0.2, -0.15) is 5.26 Å². The number of hydrogen-bond donors (Lipinski definition) is 0. The highest BCUT2D eigenvalue weighted by atomic mass is 16.2. The molecule has 0 aromatic carbocycles. The van der Waals surface area contributed by atoms with Gasteiger partial charge in [-0.1, -0.05) is 13.8 Å². The number of aromatic nitrogens is 1. The minimum absolute atomic E-state index is 0.00669. The number of likely N-dealkylation sites (tertiary alicyclic amines) is 1. The largest absolute Gasteiger partial charge is 0.353 e. The zero-order chi connectivity index (χ0) is 21.6. The zero-order valence-electron chi connectivity index (χ0n) is 18.3. The summed E-state index contributed by atoms with van der Waals surface area (Å²) < 4.78 is 0. The Bertz CT molecular complexity index is 771. The van der Waals surface area contributed by atoms with Gasteiger partial charge in [0.1, 0.15) is 11.9 Å². The highest BCUT2D eigenvalue weighted by Gasteiger charge is 2.40. The summed E-state index contributed by atoms with van der Waals surface area (Å²) in [7, 11) is 0. The van der Waals surface area contributed by atoms with Gasteiger partial charge in [-0.3, -0.25) is 19.4 Å². The van der Waals surface area contributed by atoms with E-state index in [1.54, 1.807) is 12.3 Å². The summed E-state index contributed by atoms with van der Waals surface area (Å²) in [4.78, 5) is 35.5. The quantitative estimate of drug-likeness (QED) is 0.483. The predicted molar refractivity (Wildman–Crippen MR) is 116 cm³/mol. The number of carbonyl (C=O) groups is 2. The fraction of sp³-hybridized carbons (Fsp3) is 0.652. The number of carbonyl (C=O) groups excluding carboxylic acids is 2. The third kappa shape index (κ3) is 4.99. The van der Waals surface area contributed by atoms with Crippen molar-refractivity contribution in [2.75, 3.05) is 44.2 Å². The van der Waals surface area contributed by atoms with Crippen molar-refractivity contribution >= 4 is 17.6 Å². The molecule has 30 heavy (non-hydrogen) atoms. The van der Waals surface area contributed by atoms with Crippen LogP contribution in [0.5, 0.6) is 0 Å². The molecule has 1 aromatic heterocycles. The molecule has 0 atom stereocenters. The van der Waals surface area contributed by atoms with Crippen LogP contribution < -0.4 is 4.90 Å². The van der Waals surface area contributed by atoms with Gasteiger partial charge < -0.3 is 4.90 Å². The Labute approximate surface area is 179 Å². The first kappa shape index (κ1) is 22.2. The van der Waals surface area contributed by atoms with E-state index in [-0.39, 0.29) is 17.2 Å². The van der Waals surface area contributed by atoms with E-state index in [1.165, 1.54) is 4.90 Å². The molecule has 2 aliphatic rings. The summed E-state index contributed by atoms with van der Waals surface area (Å²) >= 11 is 0. The molecule has 162 valence electrons. The Morgan fingerprint density at radius 1 is 1.03 bits per heavy atom. The molecular formula is C23H33N5O2. The topological polar surface area (TPSA) is 80.5 Å². The first-order valence-electron chi connectivity index (χ1n) is 11.2. The lowest BCUT2D eigenvalue weighted by atomic mass is 9.73. The molecule has 2 amide bonds. The monoisotopic (exact) mass is 411 g/mol. The Morgan fingerprint density at radius 3 is 2.27 bits per heavy atom. The van der Waals surface area contributed by atoms with Gasteiger partial charge in [0.25, 0.3) is 0 Å². The third-order valence-electron chi connectivity index (χ3n) is 6.84. The van der Waals surface area contributed by atoms with Crippen molar-refractivity contribution in [2.45, 2.75) is 52.4 Å². The highest BCUT2D eigenvalue weighted by molar-refractivity contribution is 5.98. The molecule has 2 fully saturated rings. The number of rotatable bonds is 8. The first-order chi connectivity index (χ1) is 14.5. The van der Waals surface area contributed by atoms with Crippen LogP contribution in [0.3, 0.4) is 0 Å². The molecule has 0 N–H and O–H groups in total.